The van der Waals surface area contributed by atoms with Crippen LogP contribution in [0.2, 0.25) is 0 Å². The predicted octanol–water partition coefficient (Wildman–Crippen LogP) is 5.54. The number of rotatable bonds is 6. The molecule has 0 radical (unpaired) electrons. The average Bonchev–Trinajstić information content (AvgIpc) is 3.13. The number of benzene rings is 2. The molecular formula is C20H18F3N3OS. The van der Waals surface area contributed by atoms with Crippen molar-refractivity contribution in [2.45, 2.75) is 30.4 Å². The number of imidazole rings is 1. The smallest absolute Gasteiger partial charge is 0.329 e. The molecule has 0 bridgehead atoms. The van der Waals surface area contributed by atoms with Crippen molar-refractivity contribution < 1.29 is 18.0 Å². The minimum absolute atomic E-state index is 0.0464. The van der Waals surface area contributed by atoms with Crippen molar-refractivity contribution in [2.75, 3.05) is 5.32 Å². The van der Waals surface area contributed by atoms with Gasteiger partial charge in [-0.15, -0.1) is 0 Å². The lowest BCUT2D eigenvalue weighted by Gasteiger charge is -2.07. The number of hydrogen-bond acceptors (Lipinski definition) is 3. The minimum Gasteiger partial charge on any atom is -0.329 e. The lowest BCUT2D eigenvalue weighted by molar-refractivity contribution is -0.141. The number of aromatic nitrogens is 2. The summed E-state index contributed by atoms with van der Waals surface area (Å²) >= 11 is 1.12. The number of aryl methyl sites for hydroxylation is 1. The summed E-state index contributed by atoms with van der Waals surface area (Å²) < 4.78 is 40.0. The molecule has 4 nitrogen and oxygen atoms in total. The molecule has 2 N–H and O–H groups in total. The fourth-order valence-corrected chi connectivity index (χ4v) is 3.35. The van der Waals surface area contributed by atoms with Crippen LogP contribution < -0.4 is 5.32 Å². The molecule has 2 aromatic carbocycles. The highest BCUT2D eigenvalue weighted by molar-refractivity contribution is 7.98. The first-order chi connectivity index (χ1) is 13.4. The molecule has 146 valence electrons. The summed E-state index contributed by atoms with van der Waals surface area (Å²) in [6, 6.07) is 16.1. The highest BCUT2D eigenvalue weighted by Crippen LogP contribution is 2.33. The van der Waals surface area contributed by atoms with Crippen LogP contribution in [0.1, 0.15) is 34.2 Å². The van der Waals surface area contributed by atoms with Gasteiger partial charge in [0.15, 0.2) is 16.5 Å². The molecule has 28 heavy (non-hydrogen) atoms. The van der Waals surface area contributed by atoms with Crippen LogP contribution in [0.25, 0.3) is 0 Å². The topological polar surface area (TPSA) is 57.8 Å². The largest absolute Gasteiger partial charge is 0.433 e. The SMILES string of the molecule is CCc1ccc(CSc2nc(C(=O)Nc3ccccc3)c(C(F)(F)F)[nH]2)cc1. The number of alkyl halides is 3. The molecule has 1 aromatic heterocycles. The Bertz CT molecular complexity index is 938. The van der Waals surface area contributed by atoms with Gasteiger partial charge in [0.05, 0.1) is 0 Å². The fourth-order valence-electron chi connectivity index (χ4n) is 2.52. The van der Waals surface area contributed by atoms with Crippen LogP contribution >= 0.6 is 11.8 Å². The van der Waals surface area contributed by atoms with Gasteiger partial charge in [0, 0.05) is 11.4 Å². The number of para-hydroxylation sites is 1. The first-order valence-electron chi connectivity index (χ1n) is 8.61. The lowest BCUT2D eigenvalue weighted by Crippen LogP contribution is -2.18. The van der Waals surface area contributed by atoms with Gasteiger partial charge < -0.3 is 10.3 Å². The van der Waals surface area contributed by atoms with Crippen molar-refractivity contribution in [3.8, 4) is 0 Å². The van der Waals surface area contributed by atoms with Crippen LogP contribution in [0.3, 0.4) is 0 Å². The summed E-state index contributed by atoms with van der Waals surface area (Å²) in [4.78, 5) is 18.5. The third-order valence-electron chi connectivity index (χ3n) is 4.02. The van der Waals surface area contributed by atoms with Gasteiger partial charge in [-0.05, 0) is 29.7 Å². The molecule has 3 aromatic rings. The van der Waals surface area contributed by atoms with Crippen molar-refractivity contribution >= 4 is 23.4 Å². The highest BCUT2D eigenvalue weighted by atomic mass is 32.2. The van der Waals surface area contributed by atoms with Gasteiger partial charge >= 0.3 is 6.18 Å². The zero-order valence-electron chi connectivity index (χ0n) is 15.0. The molecular weight excluding hydrogens is 387 g/mol. The van der Waals surface area contributed by atoms with Crippen molar-refractivity contribution in [1.82, 2.24) is 9.97 Å². The van der Waals surface area contributed by atoms with Crippen LogP contribution in [-0.4, -0.2) is 15.9 Å². The Morgan fingerprint density at radius 1 is 1.07 bits per heavy atom. The summed E-state index contributed by atoms with van der Waals surface area (Å²) in [5, 5.41) is 2.49. The van der Waals surface area contributed by atoms with E-state index in [4.69, 9.17) is 0 Å². The number of nitrogens with zero attached hydrogens (tertiary/aromatic N) is 1. The molecule has 0 aliphatic rings. The second-order valence-corrected chi connectivity index (χ2v) is 7.01. The molecule has 0 aliphatic carbocycles. The van der Waals surface area contributed by atoms with E-state index in [1.54, 1.807) is 30.3 Å². The Morgan fingerprint density at radius 2 is 1.71 bits per heavy atom. The number of carbonyl (C=O) groups excluding carboxylic acids is 1. The monoisotopic (exact) mass is 405 g/mol. The Kier molecular flexibility index (Phi) is 6.08. The lowest BCUT2D eigenvalue weighted by atomic mass is 10.1. The Hall–Kier alpha value is -2.74. The van der Waals surface area contributed by atoms with Gasteiger partial charge in [-0.3, -0.25) is 4.79 Å². The van der Waals surface area contributed by atoms with E-state index in [0.29, 0.717) is 11.4 Å². The van der Waals surface area contributed by atoms with Crippen LogP contribution in [0.5, 0.6) is 0 Å². The maximum Gasteiger partial charge on any atom is 0.433 e. The van der Waals surface area contributed by atoms with Gasteiger partial charge in [-0.1, -0.05) is 61.2 Å². The maximum atomic E-state index is 13.3. The standard InChI is InChI=1S/C20H18F3N3OS/c1-2-13-8-10-14(11-9-13)12-28-19-25-16(17(26-19)20(21,22)23)18(27)24-15-6-4-3-5-7-15/h3-11H,2,12H2,1H3,(H,24,27)(H,25,26). The molecule has 0 saturated heterocycles. The number of hydrogen-bond donors (Lipinski definition) is 2. The fraction of sp³-hybridized carbons (Fsp3) is 0.200. The number of aromatic amines is 1. The molecule has 0 atom stereocenters. The van der Waals surface area contributed by atoms with E-state index in [9.17, 15) is 18.0 Å². The molecule has 0 spiro atoms. The zero-order valence-corrected chi connectivity index (χ0v) is 15.8. The maximum absolute atomic E-state index is 13.3. The third-order valence-corrected chi connectivity index (χ3v) is 4.96. The number of nitrogens with one attached hydrogen (secondary N) is 2. The molecule has 1 heterocycles. The second-order valence-electron chi connectivity index (χ2n) is 6.04. The predicted molar refractivity (Wildman–Crippen MR) is 103 cm³/mol. The first-order valence-corrected chi connectivity index (χ1v) is 9.59. The molecule has 0 fully saturated rings. The number of halogens is 3. The molecule has 1 amide bonds. The van der Waals surface area contributed by atoms with Gasteiger partial charge in [0.1, 0.15) is 0 Å². The van der Waals surface area contributed by atoms with Crippen molar-refractivity contribution in [2.24, 2.45) is 0 Å². The molecule has 3 rings (SSSR count). The summed E-state index contributed by atoms with van der Waals surface area (Å²) in [6.45, 7) is 2.05. The van der Waals surface area contributed by atoms with E-state index in [2.05, 4.69) is 15.3 Å². The van der Waals surface area contributed by atoms with E-state index in [1.165, 1.54) is 5.56 Å². The third kappa shape index (κ3) is 4.95. The van der Waals surface area contributed by atoms with Crippen molar-refractivity contribution in [3.63, 3.8) is 0 Å². The minimum atomic E-state index is -4.71. The Labute approximate surface area is 164 Å². The second kappa shape index (κ2) is 8.52. The molecule has 0 aliphatic heterocycles. The summed E-state index contributed by atoms with van der Waals surface area (Å²) in [6.07, 6.45) is -3.79. The van der Waals surface area contributed by atoms with Gasteiger partial charge in [-0.25, -0.2) is 4.98 Å². The molecule has 0 saturated carbocycles. The van der Waals surface area contributed by atoms with Gasteiger partial charge in [0.25, 0.3) is 5.91 Å². The first kappa shape index (κ1) is 20.0. The average molecular weight is 405 g/mol. The van der Waals surface area contributed by atoms with E-state index in [1.807, 2.05) is 31.2 Å². The number of amides is 1. The van der Waals surface area contributed by atoms with Crippen LogP contribution in [0, 0.1) is 0 Å². The summed E-state index contributed by atoms with van der Waals surface area (Å²) in [5.41, 5.74) is 0.729. The van der Waals surface area contributed by atoms with Crippen LogP contribution in [0.15, 0.2) is 59.8 Å². The zero-order chi connectivity index (χ0) is 20.1. The van der Waals surface area contributed by atoms with Gasteiger partial charge in [-0.2, -0.15) is 13.2 Å². The number of thioether (sulfide) groups is 1. The van der Waals surface area contributed by atoms with Crippen LogP contribution in [-0.2, 0) is 18.3 Å². The van der Waals surface area contributed by atoms with E-state index >= 15 is 0 Å². The Balaban J connectivity index is 1.78. The number of H-pyrrole nitrogens is 1. The van der Waals surface area contributed by atoms with Crippen molar-refractivity contribution in [3.05, 3.63) is 77.1 Å². The quantitative estimate of drug-likeness (QED) is 0.530. The summed E-state index contributed by atoms with van der Waals surface area (Å²) in [5.74, 6) is -0.469. The highest BCUT2D eigenvalue weighted by Gasteiger charge is 2.39. The van der Waals surface area contributed by atoms with Gasteiger partial charge in [0.2, 0.25) is 0 Å². The van der Waals surface area contributed by atoms with Crippen molar-refractivity contribution in [1.29, 1.82) is 0 Å². The normalized spacial score (nSPS) is 11.4. The van der Waals surface area contributed by atoms with E-state index in [0.717, 1.165) is 23.7 Å². The van der Waals surface area contributed by atoms with E-state index < -0.39 is 23.5 Å². The molecule has 0 unspecified atom stereocenters. The number of anilines is 1. The Morgan fingerprint density at radius 3 is 2.32 bits per heavy atom. The van der Waals surface area contributed by atoms with Crippen LogP contribution in [0.4, 0.5) is 18.9 Å². The summed E-state index contributed by atoms with van der Waals surface area (Å²) in [7, 11) is 0. The van der Waals surface area contributed by atoms with E-state index in [-0.39, 0.29) is 5.16 Å². The number of carbonyl (C=O) groups is 1. The molecule has 8 heteroatoms.